The average molecular weight is 180 g/mol. The minimum atomic E-state index is -0.305. The number of aromatic nitrogens is 1. The Kier molecular flexibility index (Phi) is 1.34. The van der Waals surface area contributed by atoms with Gasteiger partial charge in [0.25, 0.3) is 5.91 Å². The summed E-state index contributed by atoms with van der Waals surface area (Å²) in [6, 6.07) is 1.24. The smallest absolute Gasteiger partial charge is 0.257 e. The number of H-pyrrole nitrogens is 1. The molecule has 0 atom stereocenters. The summed E-state index contributed by atoms with van der Waals surface area (Å²) in [5, 5.41) is 2.44. The molecule has 1 aliphatic rings. The lowest BCUT2D eigenvalue weighted by atomic mass is 10.2. The molecule has 0 saturated heterocycles. The fourth-order valence-electron chi connectivity index (χ4n) is 1.09. The van der Waals surface area contributed by atoms with Crippen LogP contribution in [0.5, 0.6) is 0 Å². The summed E-state index contributed by atoms with van der Waals surface area (Å²) in [4.78, 5) is 24.7. The highest BCUT2D eigenvalue weighted by Crippen LogP contribution is 2.11. The van der Waals surface area contributed by atoms with Crippen LogP contribution >= 0.6 is 12.2 Å². The van der Waals surface area contributed by atoms with Gasteiger partial charge >= 0.3 is 0 Å². The lowest BCUT2D eigenvalue weighted by Gasteiger charge is -1.90. The van der Waals surface area contributed by atoms with E-state index in [1.165, 1.54) is 12.3 Å². The molecule has 0 radical (unpaired) electrons. The molecule has 2 rings (SSSR count). The zero-order valence-corrected chi connectivity index (χ0v) is 6.70. The van der Waals surface area contributed by atoms with E-state index in [9.17, 15) is 9.59 Å². The van der Waals surface area contributed by atoms with Gasteiger partial charge < -0.3 is 10.3 Å². The van der Waals surface area contributed by atoms with Crippen molar-refractivity contribution < 1.29 is 4.79 Å². The first-order valence-electron chi connectivity index (χ1n) is 3.27. The van der Waals surface area contributed by atoms with Gasteiger partial charge in [-0.25, -0.2) is 0 Å². The summed E-state index contributed by atoms with van der Waals surface area (Å²) >= 11 is 4.84. The van der Waals surface area contributed by atoms with E-state index in [-0.39, 0.29) is 11.5 Å². The van der Waals surface area contributed by atoms with Crippen molar-refractivity contribution in [2.45, 2.75) is 0 Å². The van der Waals surface area contributed by atoms with Crippen molar-refractivity contribution in [2.75, 3.05) is 0 Å². The Labute approximate surface area is 72.6 Å². The lowest BCUT2D eigenvalue weighted by Crippen LogP contribution is -2.19. The van der Waals surface area contributed by atoms with Crippen LogP contribution in [0, 0.1) is 0 Å². The second-order valence-corrected chi connectivity index (χ2v) is 2.82. The summed E-state index contributed by atoms with van der Waals surface area (Å²) in [5.74, 6) is -0.305. The fourth-order valence-corrected chi connectivity index (χ4v) is 1.35. The molecule has 12 heavy (non-hydrogen) atoms. The molecule has 0 spiro atoms. The monoisotopic (exact) mass is 180 g/mol. The number of nitrogens with one attached hydrogen (secondary N) is 2. The van der Waals surface area contributed by atoms with Gasteiger partial charge in [0.1, 0.15) is 4.99 Å². The molecule has 0 saturated carbocycles. The second kappa shape index (κ2) is 2.25. The van der Waals surface area contributed by atoms with Crippen molar-refractivity contribution in [1.29, 1.82) is 0 Å². The van der Waals surface area contributed by atoms with Gasteiger partial charge in [0.2, 0.25) is 5.56 Å². The summed E-state index contributed by atoms with van der Waals surface area (Å²) < 4.78 is 0. The summed E-state index contributed by atoms with van der Waals surface area (Å²) in [6.45, 7) is 0. The lowest BCUT2D eigenvalue weighted by molar-refractivity contribution is 0.0983. The number of carbonyl (C=O) groups excluding carboxylic acids is 1. The molecule has 5 heteroatoms. The zero-order chi connectivity index (χ0) is 8.72. The largest absolute Gasteiger partial charge is 0.328 e. The third-order valence-electron chi connectivity index (χ3n) is 1.64. The Morgan fingerprint density at radius 3 is 2.75 bits per heavy atom. The summed E-state index contributed by atoms with van der Waals surface area (Å²) in [6.07, 6.45) is 1.44. The molecule has 2 heterocycles. The number of amides is 1. The van der Waals surface area contributed by atoms with Gasteiger partial charge in [-0.2, -0.15) is 0 Å². The van der Waals surface area contributed by atoms with Crippen molar-refractivity contribution in [2.24, 2.45) is 0 Å². The zero-order valence-electron chi connectivity index (χ0n) is 5.88. The van der Waals surface area contributed by atoms with E-state index in [1.807, 2.05) is 0 Å². The second-order valence-electron chi connectivity index (χ2n) is 2.41. The van der Waals surface area contributed by atoms with E-state index in [0.717, 1.165) is 0 Å². The highest BCUT2D eigenvalue weighted by atomic mass is 32.1. The number of aromatic amines is 1. The van der Waals surface area contributed by atoms with Gasteiger partial charge in [-0.1, -0.05) is 12.2 Å². The molecule has 1 aliphatic heterocycles. The van der Waals surface area contributed by atoms with Crippen LogP contribution in [-0.2, 0) is 0 Å². The Morgan fingerprint density at radius 2 is 2.00 bits per heavy atom. The fraction of sp³-hybridized carbons (Fsp3) is 0. The molecule has 2 N–H and O–H groups in total. The number of thiocarbonyl (C=S) groups is 1. The minimum Gasteiger partial charge on any atom is -0.328 e. The predicted octanol–water partition coefficient (Wildman–Crippen LogP) is -0.206. The van der Waals surface area contributed by atoms with Crippen LogP contribution in [0.25, 0.3) is 0 Å². The van der Waals surface area contributed by atoms with Crippen molar-refractivity contribution in [3.63, 3.8) is 0 Å². The molecule has 0 bridgehead atoms. The SMILES string of the molecule is O=C1NC(=S)c2c[nH]c(=O)cc21. The van der Waals surface area contributed by atoms with Crippen LogP contribution in [0.4, 0.5) is 0 Å². The molecular formula is C7H4N2O2S. The third kappa shape index (κ3) is 0.868. The quantitative estimate of drug-likeness (QED) is 0.543. The van der Waals surface area contributed by atoms with E-state index >= 15 is 0 Å². The number of hydrogen-bond acceptors (Lipinski definition) is 3. The van der Waals surface area contributed by atoms with Crippen LogP contribution in [0.1, 0.15) is 15.9 Å². The van der Waals surface area contributed by atoms with Gasteiger partial charge in [0, 0.05) is 17.8 Å². The van der Waals surface area contributed by atoms with Crippen molar-refractivity contribution in [3.05, 3.63) is 33.7 Å². The highest BCUT2D eigenvalue weighted by molar-refractivity contribution is 7.80. The van der Waals surface area contributed by atoms with Gasteiger partial charge in [0.05, 0.1) is 5.56 Å². The number of fused-ring (bicyclic) bond motifs is 1. The normalized spacial score (nSPS) is 14.3. The third-order valence-corrected chi connectivity index (χ3v) is 1.96. The minimum absolute atomic E-state index is 0.298. The van der Waals surface area contributed by atoms with E-state index in [2.05, 4.69) is 10.3 Å². The first kappa shape index (κ1) is 7.17. The molecule has 0 aliphatic carbocycles. The van der Waals surface area contributed by atoms with E-state index in [0.29, 0.717) is 16.1 Å². The van der Waals surface area contributed by atoms with Gasteiger partial charge in [-0.05, 0) is 0 Å². The molecule has 4 nitrogen and oxygen atoms in total. The average Bonchev–Trinajstić information content (AvgIpc) is 2.28. The first-order valence-corrected chi connectivity index (χ1v) is 3.68. The number of carbonyl (C=O) groups is 1. The molecule has 1 amide bonds. The maximum Gasteiger partial charge on any atom is 0.257 e. The van der Waals surface area contributed by atoms with E-state index in [1.54, 1.807) is 0 Å². The van der Waals surface area contributed by atoms with Crippen LogP contribution in [0.2, 0.25) is 0 Å². The Bertz CT molecular complexity index is 435. The predicted molar refractivity (Wildman–Crippen MR) is 46.2 cm³/mol. The van der Waals surface area contributed by atoms with E-state index in [4.69, 9.17) is 12.2 Å². The number of hydrogen-bond donors (Lipinski definition) is 2. The standard InChI is InChI=1S/C7H4N2O2S/c10-5-1-3-4(2-8-5)7(12)9-6(3)11/h1-2H,(H,8,10)(H,9,11,12). The van der Waals surface area contributed by atoms with Gasteiger partial charge in [-0.3, -0.25) is 9.59 Å². The van der Waals surface area contributed by atoms with Crippen LogP contribution < -0.4 is 10.9 Å². The van der Waals surface area contributed by atoms with Gasteiger partial charge in [0.15, 0.2) is 0 Å². The maximum absolute atomic E-state index is 11.1. The molecule has 1 aromatic heterocycles. The molecular weight excluding hydrogens is 176 g/mol. The van der Waals surface area contributed by atoms with Crippen LogP contribution in [0.15, 0.2) is 17.1 Å². The van der Waals surface area contributed by atoms with Crippen LogP contribution in [0.3, 0.4) is 0 Å². The van der Waals surface area contributed by atoms with Crippen molar-refractivity contribution >= 4 is 23.1 Å². The van der Waals surface area contributed by atoms with Crippen molar-refractivity contribution in [3.8, 4) is 0 Å². The van der Waals surface area contributed by atoms with Crippen molar-refractivity contribution in [1.82, 2.24) is 10.3 Å². The Balaban J connectivity index is 2.76. The van der Waals surface area contributed by atoms with Gasteiger partial charge in [-0.15, -0.1) is 0 Å². The summed E-state index contributed by atoms with van der Waals surface area (Å²) in [5.41, 5.74) is 0.645. The molecule has 0 aromatic carbocycles. The maximum atomic E-state index is 11.1. The molecule has 60 valence electrons. The Hall–Kier alpha value is -1.49. The molecule has 0 unspecified atom stereocenters. The number of pyridine rings is 1. The topological polar surface area (TPSA) is 62.0 Å². The summed E-state index contributed by atoms with van der Waals surface area (Å²) in [7, 11) is 0. The van der Waals surface area contributed by atoms with E-state index < -0.39 is 0 Å². The van der Waals surface area contributed by atoms with Crippen LogP contribution in [-0.4, -0.2) is 15.9 Å². The first-order chi connectivity index (χ1) is 5.68. The number of rotatable bonds is 0. The highest BCUT2D eigenvalue weighted by Gasteiger charge is 2.23. The Morgan fingerprint density at radius 1 is 1.25 bits per heavy atom. The molecule has 0 fully saturated rings. The molecule has 1 aromatic rings.